The maximum atomic E-state index is 14.7. The number of amides is 2. The van der Waals surface area contributed by atoms with Crippen LogP contribution in [0, 0.1) is 11.8 Å². The summed E-state index contributed by atoms with van der Waals surface area (Å²) in [7, 11) is 0. The fraction of sp³-hybridized carbons (Fsp3) is 0.433. The molecule has 2 unspecified atom stereocenters. The highest BCUT2D eigenvalue weighted by atomic mass is 32.2. The summed E-state index contributed by atoms with van der Waals surface area (Å²) < 4.78 is 0.0668. The third-order valence-electron chi connectivity index (χ3n) is 9.02. The Morgan fingerprint density at radius 2 is 1.93 bits per heavy atom. The average molecular weight is 576 g/mol. The lowest BCUT2D eigenvalue weighted by molar-refractivity contribution is -0.151. The van der Waals surface area contributed by atoms with Gasteiger partial charge in [-0.25, -0.2) is 4.68 Å². The number of aliphatic hydroxyl groups excluding tert-OH is 1. The molecule has 3 aliphatic rings. The predicted molar refractivity (Wildman–Crippen MR) is 154 cm³/mol. The van der Waals surface area contributed by atoms with Crippen LogP contribution in [0.5, 0.6) is 0 Å². The van der Waals surface area contributed by atoms with Crippen LogP contribution in [0.1, 0.15) is 25.3 Å². The van der Waals surface area contributed by atoms with Gasteiger partial charge in [-0.2, -0.15) is 0 Å². The van der Waals surface area contributed by atoms with Crippen LogP contribution in [0.15, 0.2) is 67.3 Å². The first-order chi connectivity index (χ1) is 19.7. The summed E-state index contributed by atoms with van der Waals surface area (Å²) in [5.74, 6) is -3.48. The molecule has 2 amide bonds. The smallest absolute Gasteiger partial charge is 0.308 e. The van der Waals surface area contributed by atoms with Gasteiger partial charge >= 0.3 is 5.97 Å². The summed E-state index contributed by atoms with van der Waals surface area (Å²) in [5.41, 5.74) is 2.37. The first-order valence-electron chi connectivity index (χ1n) is 13.8. The monoisotopic (exact) mass is 575 g/mol. The quantitative estimate of drug-likeness (QED) is 0.353. The zero-order valence-corrected chi connectivity index (χ0v) is 23.6. The van der Waals surface area contributed by atoms with E-state index >= 15 is 0 Å². The van der Waals surface area contributed by atoms with Gasteiger partial charge < -0.3 is 20.0 Å². The molecule has 3 saturated heterocycles. The van der Waals surface area contributed by atoms with Crippen molar-refractivity contribution in [2.75, 3.05) is 13.2 Å². The molecule has 4 heterocycles. The van der Waals surface area contributed by atoms with E-state index in [2.05, 4.69) is 16.9 Å². The molecule has 0 radical (unpaired) electrons. The number of aromatic nitrogens is 3. The molecule has 10 nitrogen and oxygen atoms in total. The molecule has 2 N–H and O–H groups in total. The normalized spacial score (nSPS) is 29.1. The number of para-hydroxylation sites is 1. The molecule has 6 atom stereocenters. The van der Waals surface area contributed by atoms with E-state index < -0.39 is 39.4 Å². The number of thioether (sulfide) groups is 1. The van der Waals surface area contributed by atoms with Crippen molar-refractivity contribution >= 4 is 40.6 Å². The Balaban J connectivity index is 1.43. The molecule has 0 saturated carbocycles. The van der Waals surface area contributed by atoms with E-state index in [0.717, 1.165) is 11.1 Å². The molecule has 214 valence electrons. The molecule has 0 aliphatic carbocycles. The van der Waals surface area contributed by atoms with Crippen LogP contribution < -0.4 is 0 Å². The standard InChI is InChI=1S/C30H33N5O5S/c1-3-15-33(18-34-22-12-8-7-11-21(22)31-32-34)27(38)25-30-14-13-29(2,41-30)24(28(39)40)23(30)26(37)35(25)20(17-36)16-19-9-5-4-6-10-19/h3-12,20,23-25,36H,1,13-18H2,2H3,(H,39,40)/t20-,23+,24+,25?,29-,30?/m1/s1. The number of carbonyl (C=O) groups excluding carboxylic acids is 2. The number of carboxylic acids is 1. The van der Waals surface area contributed by atoms with Crippen LogP contribution in [0.3, 0.4) is 0 Å². The van der Waals surface area contributed by atoms with Gasteiger partial charge in [0.15, 0.2) is 0 Å². The first kappa shape index (κ1) is 27.5. The van der Waals surface area contributed by atoms with Crippen molar-refractivity contribution in [3.63, 3.8) is 0 Å². The maximum absolute atomic E-state index is 14.7. The van der Waals surface area contributed by atoms with E-state index in [1.165, 1.54) is 16.7 Å². The van der Waals surface area contributed by atoms with E-state index in [-0.39, 0.29) is 31.6 Å². The highest BCUT2D eigenvalue weighted by molar-refractivity contribution is 8.02. The van der Waals surface area contributed by atoms with E-state index in [1.807, 2.05) is 61.5 Å². The number of hydrogen-bond acceptors (Lipinski definition) is 7. The van der Waals surface area contributed by atoms with Gasteiger partial charge in [0.25, 0.3) is 0 Å². The number of fused-ring (bicyclic) bond motifs is 2. The number of aliphatic hydroxyl groups is 1. The number of benzene rings is 2. The van der Waals surface area contributed by atoms with Crippen LogP contribution in [0.2, 0.25) is 0 Å². The first-order valence-corrected chi connectivity index (χ1v) is 14.6. The Morgan fingerprint density at radius 3 is 2.63 bits per heavy atom. The Kier molecular flexibility index (Phi) is 6.89. The van der Waals surface area contributed by atoms with Crippen molar-refractivity contribution in [3.8, 4) is 0 Å². The zero-order chi connectivity index (χ0) is 28.9. The number of carbonyl (C=O) groups is 3. The molecule has 1 aromatic heterocycles. The van der Waals surface area contributed by atoms with Gasteiger partial charge in [0.1, 0.15) is 18.2 Å². The molecule has 6 rings (SSSR count). The van der Waals surface area contributed by atoms with Gasteiger partial charge in [-0.1, -0.05) is 53.8 Å². The second-order valence-electron chi connectivity index (χ2n) is 11.4. The molecule has 3 aromatic rings. The van der Waals surface area contributed by atoms with Crippen molar-refractivity contribution in [2.24, 2.45) is 11.8 Å². The summed E-state index contributed by atoms with van der Waals surface area (Å²) >= 11 is 1.48. The van der Waals surface area contributed by atoms with Crippen LogP contribution in [0.25, 0.3) is 11.0 Å². The van der Waals surface area contributed by atoms with Gasteiger partial charge in [-0.3, -0.25) is 14.4 Å². The number of carboxylic acid groups (broad SMARTS) is 1. The zero-order valence-electron chi connectivity index (χ0n) is 22.8. The number of rotatable bonds is 10. The summed E-state index contributed by atoms with van der Waals surface area (Å²) in [4.78, 5) is 44.8. The second kappa shape index (κ2) is 10.3. The highest BCUT2D eigenvalue weighted by Crippen LogP contribution is 2.71. The topological polar surface area (TPSA) is 129 Å². The maximum Gasteiger partial charge on any atom is 0.308 e. The van der Waals surface area contributed by atoms with Gasteiger partial charge in [-0.05, 0) is 43.9 Å². The highest BCUT2D eigenvalue weighted by Gasteiger charge is 2.78. The van der Waals surface area contributed by atoms with Crippen molar-refractivity contribution in [1.29, 1.82) is 0 Å². The molecule has 3 fully saturated rings. The second-order valence-corrected chi connectivity index (χ2v) is 13.3. The number of hydrogen-bond donors (Lipinski definition) is 2. The van der Waals surface area contributed by atoms with E-state index in [4.69, 9.17) is 0 Å². The SMILES string of the molecule is C=CCN(Cn1nnc2ccccc21)C(=O)C1N([C@@H](CO)Cc2ccccc2)C(=O)[C@@H]2[C@@H](C(=O)O)[C@@]3(C)CCC12S3. The molecule has 1 spiro atoms. The van der Waals surface area contributed by atoms with Crippen LogP contribution in [-0.2, 0) is 27.5 Å². The lowest BCUT2D eigenvalue weighted by atomic mass is 9.66. The minimum Gasteiger partial charge on any atom is -0.481 e. The van der Waals surface area contributed by atoms with E-state index in [1.54, 1.807) is 15.7 Å². The predicted octanol–water partition coefficient (Wildman–Crippen LogP) is 2.57. The van der Waals surface area contributed by atoms with Gasteiger partial charge in [0.2, 0.25) is 11.8 Å². The van der Waals surface area contributed by atoms with Crippen molar-refractivity contribution < 1.29 is 24.6 Å². The van der Waals surface area contributed by atoms with Crippen LogP contribution in [-0.4, -0.2) is 87.5 Å². The lowest BCUT2D eigenvalue weighted by Gasteiger charge is -2.39. The summed E-state index contributed by atoms with van der Waals surface area (Å²) in [6, 6.07) is 15.3. The Morgan fingerprint density at radius 1 is 1.20 bits per heavy atom. The van der Waals surface area contributed by atoms with Crippen LogP contribution >= 0.6 is 11.8 Å². The summed E-state index contributed by atoms with van der Waals surface area (Å²) in [6.45, 7) is 5.68. The van der Waals surface area contributed by atoms with Gasteiger partial charge in [0.05, 0.1) is 34.7 Å². The minimum absolute atomic E-state index is 0.0808. The molecule has 41 heavy (non-hydrogen) atoms. The number of likely N-dealkylation sites (tertiary alicyclic amines) is 1. The Bertz CT molecular complexity index is 1510. The van der Waals surface area contributed by atoms with Crippen LogP contribution in [0.4, 0.5) is 0 Å². The van der Waals surface area contributed by atoms with Crippen molar-refractivity contribution in [2.45, 2.75) is 54.4 Å². The van der Waals surface area contributed by atoms with Crippen molar-refractivity contribution in [1.82, 2.24) is 24.8 Å². The number of aliphatic carboxylic acids is 1. The fourth-order valence-electron chi connectivity index (χ4n) is 7.28. The fourth-order valence-corrected chi connectivity index (χ4v) is 9.61. The van der Waals surface area contributed by atoms with Gasteiger partial charge in [-0.15, -0.1) is 23.4 Å². The molecule has 2 aromatic carbocycles. The number of nitrogens with zero attached hydrogens (tertiary/aromatic N) is 5. The summed E-state index contributed by atoms with van der Waals surface area (Å²) in [5, 5.41) is 29.4. The Labute approximate surface area is 242 Å². The van der Waals surface area contributed by atoms with Crippen molar-refractivity contribution in [3.05, 3.63) is 72.8 Å². The average Bonchev–Trinajstić information content (AvgIpc) is 3.67. The molecular weight excluding hydrogens is 542 g/mol. The van der Waals surface area contributed by atoms with Gasteiger partial charge in [0, 0.05) is 11.3 Å². The lowest BCUT2D eigenvalue weighted by Crippen LogP contribution is -2.58. The molecule has 11 heteroatoms. The third-order valence-corrected chi connectivity index (χ3v) is 11.0. The molecular formula is C30H33N5O5S. The van der Waals surface area contributed by atoms with E-state index in [9.17, 15) is 24.6 Å². The largest absolute Gasteiger partial charge is 0.481 e. The molecule has 2 bridgehead atoms. The minimum atomic E-state index is -1.02. The van der Waals surface area contributed by atoms with E-state index in [0.29, 0.717) is 24.8 Å². The Hall–Kier alpha value is -3.70. The summed E-state index contributed by atoms with van der Waals surface area (Å²) in [6.07, 6.45) is 3.10. The molecule has 3 aliphatic heterocycles. The third kappa shape index (κ3) is 4.25.